The fraction of sp³-hybridized carbons (Fsp3) is 0.278. The van der Waals surface area contributed by atoms with E-state index in [1.165, 1.54) is 5.56 Å². The molecule has 114 valence electrons. The van der Waals surface area contributed by atoms with Crippen LogP contribution in [0.1, 0.15) is 28.4 Å². The second kappa shape index (κ2) is 5.81. The van der Waals surface area contributed by atoms with E-state index >= 15 is 0 Å². The molecule has 2 aromatic carbocycles. The number of ether oxygens (including phenoxy) is 1. The van der Waals surface area contributed by atoms with Crippen LogP contribution in [0.15, 0.2) is 48.5 Å². The van der Waals surface area contributed by atoms with Gasteiger partial charge in [-0.1, -0.05) is 30.3 Å². The second-order valence-electron chi connectivity index (χ2n) is 5.79. The Hall–Kier alpha value is -2.33. The van der Waals surface area contributed by atoms with Crippen LogP contribution in [0.4, 0.5) is 0 Å². The molecule has 4 heteroatoms. The summed E-state index contributed by atoms with van der Waals surface area (Å²) in [6, 6.07) is 15.8. The van der Waals surface area contributed by atoms with Crippen molar-refractivity contribution in [3.8, 4) is 5.75 Å². The molecule has 1 atom stereocenters. The Labute approximate surface area is 130 Å². The molecule has 0 fully saturated rings. The standard InChI is InChI=1S/C18H20N2O2/c1-18(12-13-5-3-2-4-6-13)16-11-14(22-10-9-19)7-8-15(16)17(21)20-18/h2-8,11H,9-10,12,19H2,1H3,(H,20,21). The van der Waals surface area contributed by atoms with E-state index in [0.29, 0.717) is 13.2 Å². The molecule has 1 aliphatic rings. The molecule has 0 saturated carbocycles. The van der Waals surface area contributed by atoms with E-state index in [2.05, 4.69) is 24.4 Å². The smallest absolute Gasteiger partial charge is 0.252 e. The molecule has 3 N–H and O–H groups in total. The zero-order valence-electron chi connectivity index (χ0n) is 12.6. The normalized spacial score (nSPS) is 19.6. The van der Waals surface area contributed by atoms with E-state index in [9.17, 15) is 4.79 Å². The van der Waals surface area contributed by atoms with Crippen molar-refractivity contribution in [2.75, 3.05) is 13.2 Å². The third kappa shape index (κ3) is 2.70. The maximum Gasteiger partial charge on any atom is 0.252 e. The van der Waals surface area contributed by atoms with Gasteiger partial charge in [0.15, 0.2) is 0 Å². The number of nitrogens with one attached hydrogen (secondary N) is 1. The number of fused-ring (bicyclic) bond motifs is 1. The van der Waals surface area contributed by atoms with Crippen LogP contribution in [0.25, 0.3) is 0 Å². The summed E-state index contributed by atoms with van der Waals surface area (Å²) in [5, 5.41) is 3.11. The van der Waals surface area contributed by atoms with E-state index in [0.717, 1.165) is 23.3 Å². The first kappa shape index (κ1) is 14.6. The molecule has 1 heterocycles. The van der Waals surface area contributed by atoms with E-state index in [-0.39, 0.29) is 5.91 Å². The van der Waals surface area contributed by atoms with Gasteiger partial charge in [-0.2, -0.15) is 0 Å². The number of nitrogens with two attached hydrogens (primary N) is 1. The lowest BCUT2D eigenvalue weighted by atomic mass is 9.86. The molecule has 1 unspecified atom stereocenters. The summed E-state index contributed by atoms with van der Waals surface area (Å²) >= 11 is 0. The van der Waals surface area contributed by atoms with E-state index in [4.69, 9.17) is 10.5 Å². The molecule has 1 amide bonds. The SMILES string of the molecule is CC1(Cc2ccccc2)NC(=O)c2ccc(OCCN)cc21. The van der Waals surface area contributed by atoms with Crippen molar-refractivity contribution >= 4 is 5.91 Å². The van der Waals surface area contributed by atoms with Crippen LogP contribution in [-0.4, -0.2) is 19.1 Å². The molecule has 2 aromatic rings. The lowest BCUT2D eigenvalue weighted by Crippen LogP contribution is -2.38. The van der Waals surface area contributed by atoms with Crippen LogP contribution in [0.3, 0.4) is 0 Å². The number of carbonyl (C=O) groups is 1. The van der Waals surface area contributed by atoms with Crippen LogP contribution >= 0.6 is 0 Å². The first-order valence-electron chi connectivity index (χ1n) is 7.46. The van der Waals surface area contributed by atoms with Gasteiger partial charge in [-0.15, -0.1) is 0 Å². The number of carbonyl (C=O) groups excluding carboxylic acids is 1. The molecular weight excluding hydrogens is 276 g/mol. The van der Waals surface area contributed by atoms with Crippen molar-refractivity contribution in [3.63, 3.8) is 0 Å². The van der Waals surface area contributed by atoms with Crippen LogP contribution < -0.4 is 15.8 Å². The predicted octanol–water partition coefficient (Wildman–Crippen LogP) is 2.23. The lowest BCUT2D eigenvalue weighted by Gasteiger charge is -2.26. The minimum atomic E-state index is -0.421. The summed E-state index contributed by atoms with van der Waals surface area (Å²) in [6.45, 7) is 2.99. The summed E-state index contributed by atoms with van der Waals surface area (Å²) < 4.78 is 5.60. The topological polar surface area (TPSA) is 64.3 Å². The van der Waals surface area contributed by atoms with Gasteiger partial charge in [0.05, 0.1) is 5.54 Å². The summed E-state index contributed by atoms with van der Waals surface area (Å²) in [6.07, 6.45) is 0.743. The number of hydrogen-bond donors (Lipinski definition) is 2. The third-order valence-corrected chi connectivity index (χ3v) is 4.01. The predicted molar refractivity (Wildman–Crippen MR) is 86.0 cm³/mol. The maximum atomic E-state index is 12.2. The average Bonchev–Trinajstić information content (AvgIpc) is 2.77. The molecule has 0 radical (unpaired) electrons. The largest absolute Gasteiger partial charge is 0.492 e. The maximum absolute atomic E-state index is 12.2. The van der Waals surface area contributed by atoms with E-state index < -0.39 is 5.54 Å². The highest BCUT2D eigenvalue weighted by molar-refractivity contribution is 6.00. The average molecular weight is 296 g/mol. The highest BCUT2D eigenvalue weighted by Crippen LogP contribution is 2.36. The highest BCUT2D eigenvalue weighted by Gasteiger charge is 2.39. The monoisotopic (exact) mass is 296 g/mol. The Kier molecular flexibility index (Phi) is 3.86. The molecule has 1 aliphatic heterocycles. The van der Waals surface area contributed by atoms with Crippen LogP contribution in [-0.2, 0) is 12.0 Å². The molecule has 22 heavy (non-hydrogen) atoms. The van der Waals surface area contributed by atoms with Gasteiger partial charge in [-0.05, 0) is 42.7 Å². The fourth-order valence-electron chi connectivity index (χ4n) is 2.97. The van der Waals surface area contributed by atoms with Gasteiger partial charge in [-0.3, -0.25) is 4.79 Å². The number of benzene rings is 2. The molecule has 4 nitrogen and oxygen atoms in total. The number of rotatable bonds is 5. The summed E-state index contributed by atoms with van der Waals surface area (Å²) in [4.78, 5) is 12.2. The van der Waals surface area contributed by atoms with Crippen molar-refractivity contribution < 1.29 is 9.53 Å². The van der Waals surface area contributed by atoms with E-state index in [1.54, 1.807) is 0 Å². The van der Waals surface area contributed by atoms with Crippen molar-refractivity contribution in [2.24, 2.45) is 5.73 Å². The number of hydrogen-bond acceptors (Lipinski definition) is 3. The summed E-state index contributed by atoms with van der Waals surface area (Å²) in [7, 11) is 0. The quantitative estimate of drug-likeness (QED) is 0.889. The van der Waals surface area contributed by atoms with Crippen molar-refractivity contribution in [2.45, 2.75) is 18.9 Å². The summed E-state index contributed by atoms with van der Waals surface area (Å²) in [5.74, 6) is 0.721. The van der Waals surface area contributed by atoms with Gasteiger partial charge in [0.1, 0.15) is 12.4 Å². The molecule has 0 aromatic heterocycles. The Morgan fingerprint density at radius 2 is 1.95 bits per heavy atom. The van der Waals surface area contributed by atoms with Crippen molar-refractivity contribution in [1.82, 2.24) is 5.32 Å². The van der Waals surface area contributed by atoms with Crippen LogP contribution in [0.5, 0.6) is 5.75 Å². The number of amides is 1. The zero-order chi connectivity index (χ0) is 15.6. The highest BCUT2D eigenvalue weighted by atomic mass is 16.5. The summed E-state index contributed by atoms with van der Waals surface area (Å²) in [5.41, 5.74) is 7.94. The van der Waals surface area contributed by atoms with Gasteiger partial charge in [0.25, 0.3) is 5.91 Å². The van der Waals surface area contributed by atoms with Gasteiger partial charge in [-0.25, -0.2) is 0 Å². The van der Waals surface area contributed by atoms with E-state index in [1.807, 2.05) is 36.4 Å². The molecule has 0 bridgehead atoms. The van der Waals surface area contributed by atoms with Gasteiger partial charge < -0.3 is 15.8 Å². The van der Waals surface area contributed by atoms with Crippen molar-refractivity contribution in [3.05, 3.63) is 65.2 Å². The zero-order valence-corrected chi connectivity index (χ0v) is 12.6. The Bertz CT molecular complexity index is 685. The Balaban J connectivity index is 1.94. The van der Waals surface area contributed by atoms with Crippen LogP contribution in [0.2, 0.25) is 0 Å². The first-order chi connectivity index (χ1) is 10.6. The molecule has 0 aliphatic carbocycles. The first-order valence-corrected chi connectivity index (χ1v) is 7.46. The van der Waals surface area contributed by atoms with Gasteiger partial charge in [0.2, 0.25) is 0 Å². The Morgan fingerprint density at radius 3 is 2.68 bits per heavy atom. The third-order valence-electron chi connectivity index (χ3n) is 4.01. The van der Waals surface area contributed by atoms with Gasteiger partial charge >= 0.3 is 0 Å². The molecule has 0 spiro atoms. The fourth-order valence-corrected chi connectivity index (χ4v) is 2.97. The van der Waals surface area contributed by atoms with Gasteiger partial charge in [0, 0.05) is 12.1 Å². The molecule has 0 saturated heterocycles. The minimum absolute atomic E-state index is 0.0289. The Morgan fingerprint density at radius 1 is 1.18 bits per heavy atom. The second-order valence-corrected chi connectivity index (χ2v) is 5.79. The minimum Gasteiger partial charge on any atom is -0.492 e. The molecular formula is C18H20N2O2. The van der Waals surface area contributed by atoms with Crippen LogP contribution in [0, 0.1) is 0 Å². The van der Waals surface area contributed by atoms with Crippen molar-refractivity contribution in [1.29, 1.82) is 0 Å². The lowest BCUT2D eigenvalue weighted by molar-refractivity contribution is 0.0935. The molecule has 3 rings (SSSR count).